The van der Waals surface area contributed by atoms with Crippen LogP contribution < -0.4 is 0 Å². The molecule has 0 spiro atoms. The monoisotopic (exact) mass is 252 g/mol. The first-order chi connectivity index (χ1) is 8.66. The molecule has 1 saturated heterocycles. The third kappa shape index (κ3) is 3.79. The maximum absolute atomic E-state index is 12.0. The topological polar surface area (TPSA) is 23.6 Å². The van der Waals surface area contributed by atoms with Crippen LogP contribution >= 0.6 is 0 Å². The molecule has 1 unspecified atom stereocenters. The van der Waals surface area contributed by atoms with Crippen LogP contribution in [0.3, 0.4) is 0 Å². The summed E-state index contributed by atoms with van der Waals surface area (Å²) in [7, 11) is 4.35. The highest BCUT2D eigenvalue weighted by atomic mass is 16.1. The lowest BCUT2D eigenvalue weighted by Crippen LogP contribution is -2.44. The van der Waals surface area contributed by atoms with Crippen molar-refractivity contribution in [3.05, 3.63) is 0 Å². The molecule has 1 heterocycles. The Hall–Kier alpha value is -0.410. The van der Waals surface area contributed by atoms with Gasteiger partial charge in [0.1, 0.15) is 5.78 Å². The highest BCUT2D eigenvalue weighted by molar-refractivity contribution is 5.81. The van der Waals surface area contributed by atoms with Crippen LogP contribution in [0, 0.1) is 5.92 Å². The molecule has 18 heavy (non-hydrogen) atoms. The number of ketones is 1. The van der Waals surface area contributed by atoms with Gasteiger partial charge in [-0.25, -0.2) is 0 Å². The van der Waals surface area contributed by atoms with Crippen LogP contribution in [-0.4, -0.2) is 55.4 Å². The van der Waals surface area contributed by atoms with Crippen LogP contribution in [0.25, 0.3) is 0 Å². The molecule has 2 rings (SSSR count). The smallest absolute Gasteiger partial charge is 0.137 e. The van der Waals surface area contributed by atoms with Crippen molar-refractivity contribution in [2.45, 2.75) is 51.0 Å². The number of hydrogen-bond acceptors (Lipinski definition) is 3. The minimum Gasteiger partial charge on any atom is -0.306 e. The van der Waals surface area contributed by atoms with Gasteiger partial charge in [-0.3, -0.25) is 4.79 Å². The Morgan fingerprint density at radius 3 is 2.50 bits per heavy atom. The summed E-state index contributed by atoms with van der Waals surface area (Å²) in [5.41, 5.74) is 0. The van der Waals surface area contributed by atoms with Crippen molar-refractivity contribution in [3.8, 4) is 0 Å². The van der Waals surface area contributed by atoms with Crippen LogP contribution in [0.5, 0.6) is 0 Å². The Kier molecular flexibility index (Phi) is 5.19. The highest BCUT2D eigenvalue weighted by Gasteiger charge is 2.26. The van der Waals surface area contributed by atoms with Crippen molar-refractivity contribution in [3.63, 3.8) is 0 Å². The number of hydrogen-bond donors (Lipinski definition) is 0. The predicted octanol–water partition coefficient (Wildman–Crippen LogP) is 2.16. The average molecular weight is 252 g/mol. The summed E-state index contributed by atoms with van der Waals surface area (Å²) in [5.74, 6) is 0.866. The number of piperidine rings is 1. The SMILES string of the molecule is CN(C)C1CCN(CC2CCCCCC2=O)CC1. The molecule has 1 aliphatic heterocycles. The van der Waals surface area contributed by atoms with Crippen molar-refractivity contribution in [1.29, 1.82) is 0 Å². The van der Waals surface area contributed by atoms with Crippen molar-refractivity contribution in [2.75, 3.05) is 33.7 Å². The number of nitrogens with zero attached hydrogens (tertiary/aromatic N) is 2. The second kappa shape index (κ2) is 6.67. The number of carbonyl (C=O) groups is 1. The van der Waals surface area contributed by atoms with Crippen molar-refractivity contribution < 1.29 is 4.79 Å². The van der Waals surface area contributed by atoms with Gasteiger partial charge in [0, 0.05) is 24.9 Å². The Morgan fingerprint density at radius 2 is 1.83 bits per heavy atom. The second-order valence-corrected chi connectivity index (χ2v) is 6.26. The lowest BCUT2D eigenvalue weighted by molar-refractivity contribution is -0.123. The number of carbonyl (C=O) groups excluding carboxylic acids is 1. The van der Waals surface area contributed by atoms with Gasteiger partial charge in [0.25, 0.3) is 0 Å². The standard InChI is InChI=1S/C15H28N2O/c1-16(2)14-8-10-17(11-9-14)12-13-6-4-3-5-7-15(13)18/h13-14H,3-12H2,1-2H3. The zero-order chi connectivity index (χ0) is 13.0. The quantitative estimate of drug-likeness (QED) is 0.719. The van der Waals surface area contributed by atoms with Gasteiger partial charge in [0.15, 0.2) is 0 Å². The minimum absolute atomic E-state index is 0.336. The highest BCUT2D eigenvalue weighted by Crippen LogP contribution is 2.23. The molecule has 3 heteroatoms. The van der Waals surface area contributed by atoms with Gasteiger partial charge in [0.2, 0.25) is 0 Å². The molecule has 2 aliphatic rings. The molecule has 1 aliphatic carbocycles. The molecule has 3 nitrogen and oxygen atoms in total. The summed E-state index contributed by atoms with van der Waals surface area (Å²) >= 11 is 0. The fourth-order valence-corrected chi connectivity index (χ4v) is 3.35. The van der Waals surface area contributed by atoms with Crippen molar-refractivity contribution >= 4 is 5.78 Å². The van der Waals surface area contributed by atoms with Crippen LogP contribution in [0.15, 0.2) is 0 Å². The molecule has 0 aromatic heterocycles. The van der Waals surface area contributed by atoms with Gasteiger partial charge < -0.3 is 9.80 Å². The predicted molar refractivity (Wildman–Crippen MR) is 74.7 cm³/mol. The van der Waals surface area contributed by atoms with Gasteiger partial charge >= 0.3 is 0 Å². The molecule has 2 fully saturated rings. The molecule has 1 saturated carbocycles. The summed E-state index contributed by atoms with van der Waals surface area (Å²) in [5, 5.41) is 0. The first-order valence-electron chi connectivity index (χ1n) is 7.58. The normalized spacial score (nSPS) is 28.6. The Labute approximate surface area is 112 Å². The molecular weight excluding hydrogens is 224 g/mol. The molecule has 0 aromatic rings. The summed E-state index contributed by atoms with van der Waals surface area (Å²) < 4.78 is 0. The maximum atomic E-state index is 12.0. The van der Waals surface area contributed by atoms with E-state index in [4.69, 9.17) is 0 Å². The van der Waals surface area contributed by atoms with E-state index in [0.29, 0.717) is 11.7 Å². The summed E-state index contributed by atoms with van der Waals surface area (Å²) in [6.07, 6.45) is 8.11. The first-order valence-corrected chi connectivity index (χ1v) is 7.58. The Balaban J connectivity index is 1.78. The first kappa shape index (κ1) is 14.0. The molecule has 0 bridgehead atoms. The van der Waals surface area contributed by atoms with Gasteiger partial charge in [0.05, 0.1) is 0 Å². The van der Waals surface area contributed by atoms with Gasteiger partial charge in [-0.05, 0) is 52.9 Å². The van der Waals surface area contributed by atoms with Crippen molar-refractivity contribution in [2.24, 2.45) is 5.92 Å². The third-order valence-electron chi connectivity index (χ3n) is 4.70. The van der Waals surface area contributed by atoms with E-state index in [-0.39, 0.29) is 0 Å². The Morgan fingerprint density at radius 1 is 1.11 bits per heavy atom. The van der Waals surface area contributed by atoms with Crippen LogP contribution in [-0.2, 0) is 4.79 Å². The Bertz CT molecular complexity index is 270. The molecule has 0 amide bonds. The summed E-state index contributed by atoms with van der Waals surface area (Å²) in [4.78, 5) is 16.9. The maximum Gasteiger partial charge on any atom is 0.137 e. The summed E-state index contributed by atoms with van der Waals surface area (Å²) in [6.45, 7) is 3.37. The lowest BCUT2D eigenvalue weighted by atomic mass is 9.96. The van der Waals surface area contributed by atoms with Crippen LogP contribution in [0.1, 0.15) is 44.9 Å². The van der Waals surface area contributed by atoms with E-state index in [1.54, 1.807) is 0 Å². The second-order valence-electron chi connectivity index (χ2n) is 6.26. The average Bonchev–Trinajstić information content (AvgIpc) is 2.56. The molecule has 0 aromatic carbocycles. The molecule has 104 valence electrons. The molecule has 0 radical (unpaired) electrons. The summed E-state index contributed by atoms with van der Waals surface area (Å²) in [6, 6.07) is 0.742. The minimum atomic E-state index is 0.336. The molecular formula is C15H28N2O. The van der Waals surface area contributed by atoms with E-state index in [0.717, 1.165) is 31.8 Å². The van der Waals surface area contributed by atoms with Crippen LogP contribution in [0.2, 0.25) is 0 Å². The zero-order valence-corrected chi connectivity index (χ0v) is 12.0. The number of likely N-dealkylation sites (tertiary alicyclic amines) is 1. The largest absolute Gasteiger partial charge is 0.306 e. The van der Waals surface area contributed by atoms with E-state index in [2.05, 4.69) is 23.9 Å². The van der Waals surface area contributed by atoms with E-state index in [1.807, 2.05) is 0 Å². The van der Waals surface area contributed by atoms with E-state index in [1.165, 1.54) is 38.8 Å². The third-order valence-corrected chi connectivity index (χ3v) is 4.70. The zero-order valence-electron chi connectivity index (χ0n) is 12.0. The van der Waals surface area contributed by atoms with Gasteiger partial charge in [-0.15, -0.1) is 0 Å². The van der Waals surface area contributed by atoms with Crippen molar-refractivity contribution in [1.82, 2.24) is 9.80 Å². The lowest BCUT2D eigenvalue weighted by Gasteiger charge is -2.36. The molecule has 0 N–H and O–H groups in total. The van der Waals surface area contributed by atoms with E-state index < -0.39 is 0 Å². The van der Waals surface area contributed by atoms with E-state index >= 15 is 0 Å². The fourth-order valence-electron chi connectivity index (χ4n) is 3.35. The van der Waals surface area contributed by atoms with E-state index in [9.17, 15) is 4.79 Å². The molecule has 1 atom stereocenters. The number of Topliss-reactive ketones (excluding diaryl/α,β-unsaturated/α-hetero) is 1. The van der Waals surface area contributed by atoms with Crippen LogP contribution in [0.4, 0.5) is 0 Å². The van der Waals surface area contributed by atoms with Gasteiger partial charge in [-0.1, -0.05) is 12.8 Å². The number of rotatable bonds is 3. The van der Waals surface area contributed by atoms with Gasteiger partial charge in [-0.2, -0.15) is 0 Å². The fraction of sp³-hybridized carbons (Fsp3) is 0.933.